The largest absolute Gasteiger partial charge is 0.420 e. The van der Waals surface area contributed by atoms with Crippen molar-refractivity contribution in [3.05, 3.63) is 65.9 Å². The lowest BCUT2D eigenvalue weighted by Crippen LogP contribution is -2.28. The van der Waals surface area contributed by atoms with E-state index in [-0.39, 0.29) is 5.88 Å². The maximum atomic E-state index is 5.56. The molecule has 0 bridgehead atoms. The van der Waals surface area contributed by atoms with Gasteiger partial charge in [-0.05, 0) is 32.4 Å². The predicted molar refractivity (Wildman–Crippen MR) is 77.0 cm³/mol. The highest BCUT2D eigenvalue weighted by Gasteiger charge is 2.08. The van der Waals surface area contributed by atoms with E-state index >= 15 is 0 Å². The molecule has 5 nitrogen and oxygen atoms in total. The fourth-order valence-electron chi connectivity index (χ4n) is 1.71. The number of hydrogen-bond acceptors (Lipinski definition) is 5. The molecule has 1 aromatic heterocycles. The second-order valence-electron chi connectivity index (χ2n) is 3.91. The van der Waals surface area contributed by atoms with Gasteiger partial charge in [0.25, 0.3) is 0 Å². The average Bonchev–Trinajstić information content (AvgIpc) is 2.49. The van der Waals surface area contributed by atoms with Crippen LogP contribution in [0.15, 0.2) is 65.2 Å². The number of hydrogen-bond donors (Lipinski definition) is 0. The highest BCUT2D eigenvalue weighted by molar-refractivity contribution is 5.50. The summed E-state index contributed by atoms with van der Waals surface area (Å²) < 4.78 is 5.56. The molecule has 100 valence electrons. The van der Waals surface area contributed by atoms with Crippen molar-refractivity contribution >= 4 is 11.9 Å². The molecule has 0 unspecified atom stereocenters. The van der Waals surface area contributed by atoms with E-state index in [0.717, 1.165) is 10.9 Å². The van der Waals surface area contributed by atoms with Gasteiger partial charge in [0, 0.05) is 5.57 Å². The number of ether oxygens (including phenoxy) is 1. The van der Waals surface area contributed by atoms with Gasteiger partial charge in [-0.2, -0.15) is 4.99 Å². The summed E-state index contributed by atoms with van der Waals surface area (Å²) in [4.78, 5) is 16.4. The summed E-state index contributed by atoms with van der Waals surface area (Å²) in [5.41, 5.74) is 0.867. The van der Waals surface area contributed by atoms with Crippen LogP contribution in [-0.2, 0) is 4.74 Å². The van der Waals surface area contributed by atoms with Crippen molar-refractivity contribution in [1.29, 1.82) is 0 Å². The Kier molecular flexibility index (Phi) is 4.37. The molecule has 0 atom stereocenters. The van der Waals surface area contributed by atoms with Crippen molar-refractivity contribution in [2.75, 3.05) is 0 Å². The first kappa shape index (κ1) is 13.6. The van der Waals surface area contributed by atoms with Crippen LogP contribution >= 0.6 is 0 Å². The van der Waals surface area contributed by atoms with Crippen LogP contribution in [0.2, 0.25) is 0 Å². The van der Waals surface area contributed by atoms with Crippen molar-refractivity contribution in [2.24, 2.45) is 9.98 Å². The topological polar surface area (TPSA) is 59.7 Å². The van der Waals surface area contributed by atoms with Gasteiger partial charge in [-0.25, -0.2) is 15.0 Å². The zero-order valence-corrected chi connectivity index (χ0v) is 11.2. The monoisotopic (exact) mass is 266 g/mol. The summed E-state index contributed by atoms with van der Waals surface area (Å²) in [5.74, 6) is 3.06. The van der Waals surface area contributed by atoms with Crippen LogP contribution in [0.3, 0.4) is 0 Å². The minimum absolute atomic E-state index is 0.215. The maximum Gasteiger partial charge on any atom is 0.232 e. The van der Waals surface area contributed by atoms with E-state index < -0.39 is 0 Å². The summed E-state index contributed by atoms with van der Waals surface area (Å²) in [5, 5.41) is 1.34. The summed E-state index contributed by atoms with van der Waals surface area (Å²) in [6.07, 6.45) is 9.45. The Balaban J connectivity index is 2.64. The van der Waals surface area contributed by atoms with Crippen molar-refractivity contribution < 1.29 is 4.74 Å². The van der Waals surface area contributed by atoms with Gasteiger partial charge >= 0.3 is 0 Å². The molecular formula is C15H14N4O. The van der Waals surface area contributed by atoms with Crippen LogP contribution in [0, 0.1) is 0 Å². The first-order chi connectivity index (χ1) is 9.74. The van der Waals surface area contributed by atoms with E-state index in [1.165, 1.54) is 6.33 Å². The summed E-state index contributed by atoms with van der Waals surface area (Å²) in [7, 11) is 0. The molecule has 0 fully saturated rings. The van der Waals surface area contributed by atoms with Crippen molar-refractivity contribution in [3.8, 4) is 0 Å². The lowest BCUT2D eigenvalue weighted by molar-refractivity contribution is 0.295. The highest BCUT2D eigenvalue weighted by atomic mass is 16.5. The summed E-state index contributed by atoms with van der Waals surface area (Å²) in [6.45, 7) is 9.15. The SMILES string of the molecule is C=C=N/C1=C(\C=C/C)C/C=c2/ncncc2=NC(=C)O1. The molecule has 0 aromatic carbocycles. The molecule has 2 rings (SSSR count). The fraction of sp³-hybridized carbons (Fsp3) is 0.133. The minimum Gasteiger partial charge on any atom is -0.420 e. The lowest BCUT2D eigenvalue weighted by Gasteiger charge is -2.06. The number of aromatic nitrogens is 2. The summed E-state index contributed by atoms with van der Waals surface area (Å²) >= 11 is 0. The predicted octanol–water partition coefficient (Wildman–Crippen LogP) is 1.41. The third kappa shape index (κ3) is 3.16. The number of aliphatic imine (C=N–C) groups is 1. The zero-order chi connectivity index (χ0) is 14.4. The second-order valence-corrected chi connectivity index (χ2v) is 3.91. The Labute approximate surface area is 116 Å². The first-order valence-electron chi connectivity index (χ1n) is 6.05. The highest BCUT2D eigenvalue weighted by Crippen LogP contribution is 2.17. The molecule has 0 N–H and O–H groups in total. The van der Waals surface area contributed by atoms with Gasteiger partial charge in [0.1, 0.15) is 11.7 Å². The quantitative estimate of drug-likeness (QED) is 0.760. The molecule has 0 saturated carbocycles. The molecule has 1 aromatic rings. The Bertz CT molecular complexity index is 752. The normalized spacial score (nSPS) is 20.2. The third-order valence-electron chi connectivity index (χ3n) is 2.52. The van der Waals surface area contributed by atoms with Crippen molar-refractivity contribution in [2.45, 2.75) is 13.3 Å². The maximum absolute atomic E-state index is 5.56. The number of allylic oxidation sites excluding steroid dienone is 3. The van der Waals surface area contributed by atoms with Gasteiger partial charge in [-0.3, -0.25) is 0 Å². The Morgan fingerprint density at radius 2 is 2.35 bits per heavy atom. The second kappa shape index (κ2) is 6.41. The summed E-state index contributed by atoms with van der Waals surface area (Å²) in [6, 6.07) is 0. The van der Waals surface area contributed by atoms with E-state index in [9.17, 15) is 0 Å². The van der Waals surface area contributed by atoms with Gasteiger partial charge in [-0.1, -0.05) is 18.2 Å². The smallest absolute Gasteiger partial charge is 0.232 e. The van der Waals surface area contributed by atoms with Crippen LogP contribution in [-0.4, -0.2) is 15.8 Å². The van der Waals surface area contributed by atoms with Crippen LogP contribution in [0.1, 0.15) is 13.3 Å². The number of nitrogens with zero attached hydrogens (tertiary/aromatic N) is 4. The number of fused-ring (bicyclic) bond motifs is 1. The van der Waals surface area contributed by atoms with Crippen LogP contribution < -0.4 is 10.7 Å². The third-order valence-corrected chi connectivity index (χ3v) is 2.52. The Morgan fingerprint density at radius 3 is 3.10 bits per heavy atom. The minimum atomic E-state index is 0.215. The fourth-order valence-corrected chi connectivity index (χ4v) is 1.71. The Morgan fingerprint density at radius 1 is 1.50 bits per heavy atom. The van der Waals surface area contributed by atoms with Crippen molar-refractivity contribution in [3.63, 3.8) is 0 Å². The Hall–Kier alpha value is -2.78. The van der Waals surface area contributed by atoms with Crippen LogP contribution in [0.4, 0.5) is 0 Å². The average molecular weight is 266 g/mol. The van der Waals surface area contributed by atoms with Crippen LogP contribution in [0.25, 0.3) is 6.08 Å². The van der Waals surface area contributed by atoms with E-state index in [1.54, 1.807) is 6.20 Å². The van der Waals surface area contributed by atoms with E-state index in [2.05, 4.69) is 39.0 Å². The molecule has 5 heteroatoms. The number of rotatable bonds is 2. The van der Waals surface area contributed by atoms with Gasteiger partial charge in [0.2, 0.25) is 11.8 Å². The molecule has 0 saturated heterocycles. The van der Waals surface area contributed by atoms with Gasteiger partial charge < -0.3 is 4.74 Å². The van der Waals surface area contributed by atoms with Crippen molar-refractivity contribution in [1.82, 2.24) is 9.97 Å². The molecule has 2 heterocycles. The van der Waals surface area contributed by atoms with Gasteiger partial charge in [-0.15, -0.1) is 0 Å². The van der Waals surface area contributed by atoms with Gasteiger partial charge in [0.15, 0.2) is 0 Å². The standard InChI is InChI=1S/C15H14N4O/c1-4-6-12-7-8-13-14(9-16-10-18-13)19-11(3)20-15(12)17-5-2/h4,6,8-10H,2-3,7H2,1H3/b6-4-,13-8+,15-12-,19-14?. The zero-order valence-electron chi connectivity index (χ0n) is 11.2. The van der Waals surface area contributed by atoms with E-state index in [4.69, 9.17) is 4.74 Å². The molecule has 0 amide bonds. The van der Waals surface area contributed by atoms with Crippen LogP contribution in [0.5, 0.6) is 0 Å². The van der Waals surface area contributed by atoms with E-state index in [1.807, 2.05) is 25.2 Å². The van der Waals surface area contributed by atoms with E-state index in [0.29, 0.717) is 17.7 Å². The molecule has 1 aliphatic heterocycles. The molecule has 20 heavy (non-hydrogen) atoms. The lowest BCUT2D eigenvalue weighted by atomic mass is 10.1. The first-order valence-corrected chi connectivity index (χ1v) is 6.05. The molecule has 0 aliphatic carbocycles. The molecule has 1 aliphatic rings. The molecule has 0 spiro atoms. The molecule has 0 radical (unpaired) electrons. The van der Waals surface area contributed by atoms with Gasteiger partial charge in [0.05, 0.1) is 11.5 Å². The molecular weight excluding hydrogens is 252 g/mol.